The van der Waals surface area contributed by atoms with E-state index in [9.17, 15) is 14.4 Å². The van der Waals surface area contributed by atoms with E-state index in [1.165, 1.54) is 4.68 Å². The van der Waals surface area contributed by atoms with Crippen molar-refractivity contribution in [3.8, 4) is 5.69 Å². The van der Waals surface area contributed by atoms with E-state index in [0.717, 1.165) is 32.1 Å². The van der Waals surface area contributed by atoms with E-state index in [1.54, 1.807) is 18.9 Å². The highest BCUT2D eigenvalue weighted by atomic mass is 16.2. The van der Waals surface area contributed by atoms with Crippen LogP contribution in [0.25, 0.3) is 5.69 Å². The minimum absolute atomic E-state index is 0.0685. The van der Waals surface area contributed by atoms with Crippen molar-refractivity contribution >= 4 is 23.7 Å². The van der Waals surface area contributed by atoms with Crippen molar-refractivity contribution in [2.45, 2.75) is 70.0 Å². The molecule has 1 aromatic carbocycles. The zero-order valence-electron chi connectivity index (χ0n) is 20.3. The second-order valence-electron chi connectivity index (χ2n) is 9.32. The molecule has 3 N–H and O–H groups in total. The van der Waals surface area contributed by atoms with Crippen LogP contribution < -0.4 is 16.0 Å². The lowest BCUT2D eigenvalue weighted by molar-refractivity contribution is -0.142. The molecule has 1 saturated carbocycles. The number of likely N-dealkylation sites (N-methyl/N-ethyl adjacent to an activating group) is 1. The van der Waals surface area contributed by atoms with Gasteiger partial charge in [-0.3, -0.25) is 19.7 Å². The minimum atomic E-state index is -0.645. The first kappa shape index (κ1) is 24.8. The number of amides is 3. The molecule has 35 heavy (non-hydrogen) atoms. The van der Waals surface area contributed by atoms with Gasteiger partial charge in [-0.2, -0.15) is 4.68 Å². The highest BCUT2D eigenvalue weighted by Crippen LogP contribution is 2.29. The number of carbonyl (C=O) groups is 3. The first-order valence-electron chi connectivity index (χ1n) is 12.4. The molecule has 2 aliphatic rings. The Morgan fingerprint density at radius 3 is 2.49 bits per heavy atom. The second-order valence-corrected chi connectivity index (χ2v) is 9.32. The molecule has 2 fully saturated rings. The summed E-state index contributed by atoms with van der Waals surface area (Å²) in [6.45, 7) is 2.24. The lowest BCUT2D eigenvalue weighted by Gasteiger charge is -2.35. The van der Waals surface area contributed by atoms with Crippen LogP contribution in [0.3, 0.4) is 0 Å². The molecule has 1 aliphatic heterocycles. The second kappa shape index (κ2) is 11.4. The van der Waals surface area contributed by atoms with Gasteiger partial charge < -0.3 is 15.5 Å². The lowest BCUT2D eigenvalue weighted by atomic mass is 9.83. The molecule has 0 spiro atoms. The van der Waals surface area contributed by atoms with Crippen molar-refractivity contribution < 1.29 is 14.4 Å². The quantitative estimate of drug-likeness (QED) is 0.516. The van der Waals surface area contributed by atoms with E-state index in [0.29, 0.717) is 25.1 Å². The standard InChI is InChI=1S/C24H34N8O3/c1-16(25-2)21(33)26-20(17-10-5-3-6-11-17)23(35)31-15-9-14-19(31)22(34)27-24-28-29-30-32(24)18-12-7-4-8-13-18/h4,7-8,12-13,16-17,19-20,25H,3,5-6,9-11,14-15H2,1-2H3,(H,26,33)(H,27,28,30,34)/t16-,19-,20-/m0/s1. The molecule has 11 heteroatoms. The van der Waals surface area contributed by atoms with Gasteiger partial charge in [0, 0.05) is 6.54 Å². The Kier molecular flexibility index (Phi) is 8.06. The summed E-state index contributed by atoms with van der Waals surface area (Å²) >= 11 is 0. The van der Waals surface area contributed by atoms with Gasteiger partial charge in [-0.1, -0.05) is 42.6 Å². The van der Waals surface area contributed by atoms with E-state index in [2.05, 4.69) is 31.5 Å². The van der Waals surface area contributed by atoms with Crippen LogP contribution in [0.15, 0.2) is 30.3 Å². The van der Waals surface area contributed by atoms with Crippen molar-refractivity contribution in [3.05, 3.63) is 30.3 Å². The molecule has 1 aliphatic carbocycles. The lowest BCUT2D eigenvalue weighted by Crippen LogP contribution is -2.57. The van der Waals surface area contributed by atoms with E-state index in [1.807, 2.05) is 30.3 Å². The molecular formula is C24H34N8O3. The number of carbonyl (C=O) groups excluding carboxylic acids is 3. The molecule has 1 aromatic heterocycles. The SMILES string of the molecule is CN[C@@H](C)C(=O)N[C@H](C(=O)N1CCC[C@H]1C(=O)Nc1nnnn1-c1ccccc1)C1CCCCC1. The number of anilines is 1. The van der Waals surface area contributed by atoms with Crippen molar-refractivity contribution in [3.63, 3.8) is 0 Å². The molecule has 188 valence electrons. The fourth-order valence-electron chi connectivity index (χ4n) is 4.94. The highest BCUT2D eigenvalue weighted by molar-refractivity contribution is 5.98. The average Bonchev–Trinajstić information content (AvgIpc) is 3.57. The molecule has 0 unspecified atom stereocenters. The summed E-state index contributed by atoms with van der Waals surface area (Å²) in [5, 5.41) is 20.3. The number of benzene rings is 1. The van der Waals surface area contributed by atoms with Gasteiger partial charge in [0.15, 0.2) is 0 Å². The number of aromatic nitrogens is 4. The summed E-state index contributed by atoms with van der Waals surface area (Å²) < 4.78 is 1.45. The molecule has 2 aromatic rings. The van der Waals surface area contributed by atoms with Crippen molar-refractivity contribution in [1.29, 1.82) is 0 Å². The van der Waals surface area contributed by atoms with Gasteiger partial charge in [0.1, 0.15) is 12.1 Å². The number of hydrogen-bond donors (Lipinski definition) is 3. The van der Waals surface area contributed by atoms with Crippen molar-refractivity contribution in [2.75, 3.05) is 18.9 Å². The Morgan fingerprint density at radius 1 is 1.03 bits per heavy atom. The molecular weight excluding hydrogens is 448 g/mol. The van der Waals surface area contributed by atoms with Crippen LogP contribution in [0.5, 0.6) is 0 Å². The third-order valence-corrected chi connectivity index (χ3v) is 7.06. The number of likely N-dealkylation sites (tertiary alicyclic amines) is 1. The number of rotatable bonds is 8. The first-order chi connectivity index (χ1) is 17.0. The maximum Gasteiger partial charge on any atom is 0.254 e. The van der Waals surface area contributed by atoms with E-state index < -0.39 is 18.1 Å². The molecule has 3 atom stereocenters. The molecule has 11 nitrogen and oxygen atoms in total. The predicted molar refractivity (Wildman–Crippen MR) is 130 cm³/mol. The van der Waals surface area contributed by atoms with Crippen molar-refractivity contribution in [2.24, 2.45) is 5.92 Å². The van der Waals surface area contributed by atoms with Crippen LogP contribution in [0.1, 0.15) is 51.9 Å². The van der Waals surface area contributed by atoms with Gasteiger partial charge in [0.05, 0.1) is 11.7 Å². The Bertz CT molecular complexity index is 1020. The summed E-state index contributed by atoms with van der Waals surface area (Å²) in [6.07, 6.45) is 6.26. The van der Waals surface area contributed by atoms with Gasteiger partial charge in [0.25, 0.3) is 5.95 Å². The normalized spacial score (nSPS) is 20.3. The Balaban J connectivity index is 1.50. The van der Waals surface area contributed by atoms with E-state index >= 15 is 0 Å². The smallest absolute Gasteiger partial charge is 0.254 e. The third-order valence-electron chi connectivity index (χ3n) is 7.06. The predicted octanol–water partition coefficient (Wildman–Crippen LogP) is 1.26. The van der Waals surface area contributed by atoms with Gasteiger partial charge in [-0.05, 0) is 68.1 Å². The maximum atomic E-state index is 13.8. The summed E-state index contributed by atoms with van der Waals surface area (Å²) in [7, 11) is 1.71. The zero-order valence-corrected chi connectivity index (χ0v) is 20.3. The van der Waals surface area contributed by atoms with E-state index in [-0.39, 0.29) is 29.6 Å². The van der Waals surface area contributed by atoms with Crippen LogP contribution in [-0.4, -0.2) is 74.5 Å². The Morgan fingerprint density at radius 2 is 1.77 bits per heavy atom. The summed E-state index contributed by atoms with van der Waals surface area (Å²) in [5.74, 6) is -0.466. The summed E-state index contributed by atoms with van der Waals surface area (Å²) in [5.41, 5.74) is 0.714. The Labute approximate surface area is 205 Å². The van der Waals surface area contributed by atoms with Crippen LogP contribution in [0, 0.1) is 5.92 Å². The molecule has 0 radical (unpaired) electrons. The number of hydrogen-bond acceptors (Lipinski definition) is 7. The van der Waals surface area contributed by atoms with Gasteiger partial charge in [0.2, 0.25) is 17.7 Å². The van der Waals surface area contributed by atoms with E-state index in [4.69, 9.17) is 0 Å². The number of nitrogens with zero attached hydrogens (tertiary/aromatic N) is 5. The van der Waals surface area contributed by atoms with Gasteiger partial charge in [-0.15, -0.1) is 0 Å². The summed E-state index contributed by atoms with van der Waals surface area (Å²) in [6, 6.07) is 7.57. The molecule has 3 amide bonds. The fraction of sp³-hybridized carbons (Fsp3) is 0.583. The maximum absolute atomic E-state index is 13.8. The zero-order chi connectivity index (χ0) is 24.8. The number of tetrazole rings is 1. The monoisotopic (exact) mass is 482 g/mol. The minimum Gasteiger partial charge on any atom is -0.343 e. The molecule has 2 heterocycles. The third kappa shape index (κ3) is 5.67. The van der Waals surface area contributed by atoms with Crippen LogP contribution in [-0.2, 0) is 14.4 Å². The fourth-order valence-corrected chi connectivity index (χ4v) is 4.94. The largest absolute Gasteiger partial charge is 0.343 e. The molecule has 0 bridgehead atoms. The first-order valence-corrected chi connectivity index (χ1v) is 12.4. The van der Waals surface area contributed by atoms with Crippen LogP contribution in [0.2, 0.25) is 0 Å². The van der Waals surface area contributed by atoms with Gasteiger partial charge in [-0.25, -0.2) is 0 Å². The number of nitrogens with one attached hydrogen (secondary N) is 3. The van der Waals surface area contributed by atoms with Gasteiger partial charge >= 0.3 is 0 Å². The Hall–Kier alpha value is -3.34. The van der Waals surface area contributed by atoms with Crippen molar-refractivity contribution in [1.82, 2.24) is 35.7 Å². The topological polar surface area (TPSA) is 134 Å². The molecule has 4 rings (SSSR count). The average molecular weight is 483 g/mol. The summed E-state index contributed by atoms with van der Waals surface area (Å²) in [4.78, 5) is 41.4. The van der Waals surface area contributed by atoms with Crippen LogP contribution >= 0.6 is 0 Å². The van der Waals surface area contributed by atoms with Crippen LogP contribution in [0.4, 0.5) is 5.95 Å². The highest BCUT2D eigenvalue weighted by Gasteiger charge is 2.41. The molecule has 1 saturated heterocycles. The number of para-hydroxylation sites is 1.